The fourth-order valence-corrected chi connectivity index (χ4v) is 2.88. The number of anilines is 1. The second-order valence-electron chi connectivity index (χ2n) is 4.36. The molecule has 3 aromatic rings. The van der Waals surface area contributed by atoms with E-state index in [9.17, 15) is 0 Å². The highest BCUT2D eigenvalue weighted by atomic mass is 79.9. The van der Waals surface area contributed by atoms with Crippen LogP contribution in [0.25, 0.3) is 22.4 Å². The van der Waals surface area contributed by atoms with Crippen molar-refractivity contribution in [1.29, 1.82) is 0 Å². The average molecular weight is 381 g/mol. The fourth-order valence-electron chi connectivity index (χ4n) is 2.15. The van der Waals surface area contributed by atoms with Crippen LogP contribution in [0.4, 0.5) is 5.69 Å². The fraction of sp³-hybridized carbons (Fsp3) is 0.0714. The number of hydrogen-bond acceptors (Lipinski definition) is 2. The molecule has 1 aromatic heterocycles. The van der Waals surface area contributed by atoms with Crippen LogP contribution in [0.5, 0.6) is 0 Å². The number of nitrogens with zero attached hydrogens (tertiary/aromatic N) is 2. The molecule has 5 heteroatoms. The third-order valence-corrected chi connectivity index (χ3v) is 4.08. The van der Waals surface area contributed by atoms with Gasteiger partial charge in [-0.1, -0.05) is 31.9 Å². The lowest BCUT2D eigenvalue weighted by atomic mass is 10.2. The van der Waals surface area contributed by atoms with Crippen molar-refractivity contribution in [3.63, 3.8) is 0 Å². The molecule has 19 heavy (non-hydrogen) atoms. The van der Waals surface area contributed by atoms with Gasteiger partial charge in [0, 0.05) is 27.2 Å². The van der Waals surface area contributed by atoms with E-state index in [0.29, 0.717) is 5.69 Å². The van der Waals surface area contributed by atoms with E-state index in [4.69, 9.17) is 5.73 Å². The van der Waals surface area contributed by atoms with Gasteiger partial charge in [0.15, 0.2) is 0 Å². The van der Waals surface area contributed by atoms with Crippen LogP contribution in [0, 0.1) is 0 Å². The van der Waals surface area contributed by atoms with E-state index < -0.39 is 0 Å². The van der Waals surface area contributed by atoms with Gasteiger partial charge in [-0.15, -0.1) is 0 Å². The largest absolute Gasteiger partial charge is 0.398 e. The zero-order valence-corrected chi connectivity index (χ0v) is 13.4. The van der Waals surface area contributed by atoms with Crippen LogP contribution in [-0.4, -0.2) is 9.55 Å². The van der Waals surface area contributed by atoms with Gasteiger partial charge in [-0.2, -0.15) is 0 Å². The summed E-state index contributed by atoms with van der Waals surface area (Å²) in [4.78, 5) is 4.67. The number of fused-ring (bicyclic) bond motifs is 1. The maximum Gasteiger partial charge on any atom is 0.142 e. The molecule has 1 heterocycles. The molecule has 0 saturated carbocycles. The Labute approximate surface area is 127 Å². The Bertz CT molecular complexity index is 778. The van der Waals surface area contributed by atoms with Crippen molar-refractivity contribution < 1.29 is 0 Å². The van der Waals surface area contributed by atoms with Crippen LogP contribution in [0.3, 0.4) is 0 Å². The summed E-state index contributed by atoms with van der Waals surface area (Å²) >= 11 is 6.88. The lowest BCUT2D eigenvalue weighted by Gasteiger charge is -2.06. The number of nitrogens with two attached hydrogens (primary N) is 1. The van der Waals surface area contributed by atoms with E-state index in [0.717, 1.165) is 31.4 Å². The highest BCUT2D eigenvalue weighted by Crippen LogP contribution is 2.30. The molecule has 0 saturated heterocycles. The van der Waals surface area contributed by atoms with E-state index in [1.165, 1.54) is 0 Å². The van der Waals surface area contributed by atoms with E-state index >= 15 is 0 Å². The van der Waals surface area contributed by atoms with Gasteiger partial charge in [0.25, 0.3) is 0 Å². The lowest BCUT2D eigenvalue weighted by Crippen LogP contribution is -1.96. The Morgan fingerprint density at radius 3 is 2.47 bits per heavy atom. The number of hydrogen-bond donors (Lipinski definition) is 1. The monoisotopic (exact) mass is 379 g/mol. The van der Waals surface area contributed by atoms with E-state index in [-0.39, 0.29) is 0 Å². The molecule has 0 radical (unpaired) electrons. The van der Waals surface area contributed by atoms with Gasteiger partial charge >= 0.3 is 0 Å². The molecule has 0 bridgehead atoms. The standard InChI is InChI=1S/C14H11Br2N3/c1-19-13-5-3-9(16)7-12(13)18-14(19)10-4-2-8(15)6-11(10)17/h2-7H,17H2,1H3. The third kappa shape index (κ3) is 2.17. The van der Waals surface area contributed by atoms with Crippen molar-refractivity contribution in [3.05, 3.63) is 45.3 Å². The molecule has 0 spiro atoms. The number of aryl methyl sites for hydroxylation is 1. The Kier molecular flexibility index (Phi) is 3.11. The van der Waals surface area contributed by atoms with Crippen LogP contribution in [0.1, 0.15) is 0 Å². The van der Waals surface area contributed by atoms with Crippen molar-refractivity contribution >= 4 is 48.6 Å². The number of nitrogen functional groups attached to an aromatic ring is 1. The molecule has 0 aliphatic carbocycles. The molecule has 0 aliphatic heterocycles. The van der Waals surface area contributed by atoms with Crippen LogP contribution in [0.15, 0.2) is 45.3 Å². The first kappa shape index (κ1) is 12.7. The summed E-state index contributed by atoms with van der Waals surface area (Å²) < 4.78 is 4.05. The number of imidazole rings is 1. The molecule has 0 atom stereocenters. The lowest BCUT2D eigenvalue weighted by molar-refractivity contribution is 0.960. The van der Waals surface area contributed by atoms with Crippen molar-refractivity contribution in [3.8, 4) is 11.4 Å². The molecule has 0 fully saturated rings. The van der Waals surface area contributed by atoms with Crippen molar-refractivity contribution in [1.82, 2.24) is 9.55 Å². The van der Waals surface area contributed by atoms with E-state index in [2.05, 4.69) is 41.4 Å². The molecule has 3 rings (SSSR count). The molecule has 2 N–H and O–H groups in total. The topological polar surface area (TPSA) is 43.8 Å². The Balaban J connectivity index is 2.27. The van der Waals surface area contributed by atoms with Gasteiger partial charge in [-0.3, -0.25) is 0 Å². The normalized spacial score (nSPS) is 11.1. The second-order valence-corrected chi connectivity index (χ2v) is 6.19. The summed E-state index contributed by atoms with van der Waals surface area (Å²) in [6, 6.07) is 11.9. The predicted octanol–water partition coefficient (Wildman–Crippen LogP) is 4.35. The van der Waals surface area contributed by atoms with Gasteiger partial charge in [-0.25, -0.2) is 4.98 Å². The third-order valence-electron chi connectivity index (χ3n) is 3.10. The van der Waals surface area contributed by atoms with Crippen LogP contribution >= 0.6 is 31.9 Å². The molecular formula is C14H11Br2N3. The van der Waals surface area contributed by atoms with Gasteiger partial charge in [0.1, 0.15) is 5.82 Å². The maximum atomic E-state index is 6.08. The number of benzene rings is 2. The summed E-state index contributed by atoms with van der Waals surface area (Å²) in [5.41, 5.74) is 9.78. The minimum absolute atomic E-state index is 0.715. The average Bonchev–Trinajstić information content (AvgIpc) is 2.66. The van der Waals surface area contributed by atoms with Gasteiger partial charge in [0.05, 0.1) is 11.0 Å². The van der Waals surface area contributed by atoms with Crippen LogP contribution < -0.4 is 5.73 Å². The summed E-state index contributed by atoms with van der Waals surface area (Å²) in [6.45, 7) is 0. The van der Waals surface area contributed by atoms with Gasteiger partial charge < -0.3 is 10.3 Å². The highest BCUT2D eigenvalue weighted by molar-refractivity contribution is 9.10. The van der Waals surface area contributed by atoms with Crippen molar-refractivity contribution in [2.45, 2.75) is 0 Å². The first-order valence-electron chi connectivity index (χ1n) is 5.73. The van der Waals surface area contributed by atoms with Gasteiger partial charge in [-0.05, 0) is 36.4 Å². The molecule has 2 aromatic carbocycles. The summed E-state index contributed by atoms with van der Waals surface area (Å²) in [6.07, 6.45) is 0. The van der Waals surface area contributed by atoms with Gasteiger partial charge in [0.2, 0.25) is 0 Å². The smallest absolute Gasteiger partial charge is 0.142 e. The number of halogens is 2. The maximum absolute atomic E-state index is 6.08. The van der Waals surface area contributed by atoms with E-state index in [1.54, 1.807) is 0 Å². The summed E-state index contributed by atoms with van der Waals surface area (Å²) in [5, 5.41) is 0. The molecule has 0 amide bonds. The molecule has 96 valence electrons. The first-order valence-corrected chi connectivity index (χ1v) is 7.32. The minimum atomic E-state index is 0.715. The van der Waals surface area contributed by atoms with Crippen LogP contribution in [-0.2, 0) is 7.05 Å². The highest BCUT2D eigenvalue weighted by Gasteiger charge is 2.12. The predicted molar refractivity (Wildman–Crippen MR) is 86.0 cm³/mol. The van der Waals surface area contributed by atoms with Crippen LogP contribution in [0.2, 0.25) is 0 Å². The summed E-state index contributed by atoms with van der Waals surface area (Å²) in [7, 11) is 2.00. The number of rotatable bonds is 1. The number of aromatic nitrogens is 2. The zero-order valence-electron chi connectivity index (χ0n) is 10.2. The van der Waals surface area contributed by atoms with Crippen molar-refractivity contribution in [2.75, 3.05) is 5.73 Å². The van der Waals surface area contributed by atoms with E-state index in [1.807, 2.05) is 43.4 Å². The molecule has 0 unspecified atom stereocenters. The Morgan fingerprint density at radius 2 is 1.74 bits per heavy atom. The zero-order chi connectivity index (χ0) is 13.6. The minimum Gasteiger partial charge on any atom is -0.398 e. The quantitative estimate of drug-likeness (QED) is 0.638. The first-order chi connectivity index (χ1) is 9.06. The molecule has 3 nitrogen and oxygen atoms in total. The Hall–Kier alpha value is -1.33. The molecule has 0 aliphatic rings. The summed E-state index contributed by atoms with van der Waals surface area (Å²) in [5.74, 6) is 0.873. The SMILES string of the molecule is Cn1c(-c2ccc(Br)cc2N)nc2cc(Br)ccc21. The van der Waals surface area contributed by atoms with Crippen molar-refractivity contribution in [2.24, 2.45) is 7.05 Å². The molecular weight excluding hydrogens is 370 g/mol. The Morgan fingerprint density at radius 1 is 1.05 bits per heavy atom. The second kappa shape index (κ2) is 4.65.